The third kappa shape index (κ3) is 12.0. The van der Waals surface area contributed by atoms with Crippen LogP contribution in [0.15, 0.2) is 60.7 Å². The minimum atomic E-state index is -3.33. The molecule has 0 amide bonds. The number of aliphatic hydroxyl groups excluding tert-OH is 7. The number of alkyl halides is 1. The van der Waals surface area contributed by atoms with Gasteiger partial charge in [0, 0.05) is 13.0 Å². The lowest BCUT2D eigenvalue weighted by Gasteiger charge is -2.50. The Bertz CT molecular complexity index is 1670. The quantitative estimate of drug-likeness (QED) is 0.0409. The van der Waals surface area contributed by atoms with Crippen molar-refractivity contribution in [1.82, 2.24) is 0 Å². The summed E-state index contributed by atoms with van der Waals surface area (Å²) in [7, 11) is -2.03. The minimum absolute atomic E-state index is 0.00128. The zero-order chi connectivity index (χ0) is 46.1. The van der Waals surface area contributed by atoms with Crippen LogP contribution in [-0.4, -0.2) is 181 Å². The van der Waals surface area contributed by atoms with Crippen LogP contribution in [0.3, 0.4) is 0 Å². The lowest BCUT2D eigenvalue weighted by Crippen LogP contribution is -2.70. The molecule has 0 radical (unpaired) electrons. The normalized spacial score (nSPS) is 34.0. The van der Waals surface area contributed by atoms with Crippen LogP contribution in [0.5, 0.6) is 0 Å². The Balaban J connectivity index is 1.61. The van der Waals surface area contributed by atoms with E-state index in [1.807, 2.05) is 60.7 Å². The van der Waals surface area contributed by atoms with Gasteiger partial charge < -0.3 is 78.1 Å². The van der Waals surface area contributed by atoms with Gasteiger partial charge >= 0.3 is 11.9 Å². The van der Waals surface area contributed by atoms with Gasteiger partial charge in [-0.05, 0) is 35.2 Å². The molecule has 18 nitrogen and oxygen atoms in total. The maximum absolute atomic E-state index is 13.3. The number of ether oxygens (including phenoxy) is 8. The summed E-state index contributed by atoms with van der Waals surface area (Å²) >= 11 is 6.03. The van der Waals surface area contributed by atoms with Crippen LogP contribution < -0.4 is 10.4 Å². The van der Waals surface area contributed by atoms with Gasteiger partial charge in [0.1, 0.15) is 66.9 Å². The molecule has 3 aliphatic rings. The molecular weight excluding hydrogens is 868 g/mol. The molecule has 0 bridgehead atoms. The van der Waals surface area contributed by atoms with E-state index in [2.05, 4.69) is 20.8 Å². The Labute approximate surface area is 372 Å². The van der Waals surface area contributed by atoms with E-state index >= 15 is 0 Å². The summed E-state index contributed by atoms with van der Waals surface area (Å²) in [6.07, 6.45) is -22.6. The molecule has 5 rings (SSSR count). The number of benzene rings is 2. The summed E-state index contributed by atoms with van der Waals surface area (Å²) in [5.41, 5.74) is 0. The fourth-order valence-corrected chi connectivity index (χ4v) is 12.8. The first kappa shape index (κ1) is 51.3. The van der Waals surface area contributed by atoms with Crippen molar-refractivity contribution in [2.24, 2.45) is 0 Å². The smallest absolute Gasteiger partial charge is 0.321 e. The number of unbranched alkanes of at least 4 members (excludes halogenated alkanes) is 2. The third-order valence-corrected chi connectivity index (χ3v) is 16.8. The first-order chi connectivity index (χ1) is 30.0. The Morgan fingerprint density at radius 2 is 1.24 bits per heavy atom. The van der Waals surface area contributed by atoms with Gasteiger partial charge in [0.25, 0.3) is 8.32 Å². The highest BCUT2D eigenvalue weighted by molar-refractivity contribution is 6.99. The van der Waals surface area contributed by atoms with Gasteiger partial charge in [0.2, 0.25) is 0 Å². The minimum Gasteiger partial charge on any atom is -0.469 e. The SMILES string of the molecule is COC(=O)CCCCCO[C@@H]1O[C@H](CO[Si](c2ccccc2)(c2ccccc2)C(C)(C)C)[C@H](OC(=O)CCl)[C@H](O[C@H]2O[C@H](CO)[C@H](O)[C@H](O)[C@H]2O)[C@H]1O[C@@H]1O[C@@H](C)[C@@H](O)[C@@H](O)[C@@H]1O. The molecule has 2 aromatic carbocycles. The fraction of sp³-hybridized carbons (Fsp3) is 0.674. The predicted octanol–water partition coefficient (Wildman–Crippen LogP) is -0.414. The van der Waals surface area contributed by atoms with Crippen molar-refractivity contribution in [3.05, 3.63) is 60.7 Å². The average molecular weight is 931 g/mol. The molecule has 3 fully saturated rings. The molecule has 0 saturated carbocycles. The Kier molecular flexibility index (Phi) is 18.9. The van der Waals surface area contributed by atoms with Crippen LogP contribution >= 0.6 is 11.6 Å². The van der Waals surface area contributed by atoms with E-state index in [0.717, 1.165) is 10.4 Å². The van der Waals surface area contributed by atoms with E-state index in [4.69, 9.17) is 53.9 Å². The van der Waals surface area contributed by atoms with Crippen LogP contribution in [-0.2, 0) is 51.9 Å². The molecule has 20 heteroatoms. The van der Waals surface area contributed by atoms with Gasteiger partial charge in [0.15, 0.2) is 25.0 Å². The molecule has 0 aliphatic carbocycles. The van der Waals surface area contributed by atoms with Crippen molar-refractivity contribution >= 4 is 42.2 Å². The summed E-state index contributed by atoms with van der Waals surface area (Å²) < 4.78 is 55.4. The number of rotatable bonds is 19. The van der Waals surface area contributed by atoms with Gasteiger partial charge in [-0.25, -0.2) is 0 Å². The van der Waals surface area contributed by atoms with Crippen LogP contribution in [0, 0.1) is 0 Å². The maximum atomic E-state index is 13.3. The van der Waals surface area contributed by atoms with E-state index in [1.165, 1.54) is 14.0 Å². The molecule has 3 saturated heterocycles. The molecular formula is C43H63ClO18Si. The number of carbonyl (C=O) groups excluding carboxylic acids is 2. The van der Waals surface area contributed by atoms with Gasteiger partial charge in [-0.15, -0.1) is 11.6 Å². The molecule has 3 heterocycles. The molecule has 0 aromatic heterocycles. The van der Waals surface area contributed by atoms with Crippen molar-refractivity contribution in [1.29, 1.82) is 0 Å². The fourth-order valence-electron chi connectivity index (χ4n) is 8.21. The lowest BCUT2D eigenvalue weighted by molar-refractivity contribution is -0.390. The highest BCUT2D eigenvalue weighted by Crippen LogP contribution is 2.39. The van der Waals surface area contributed by atoms with Crippen molar-refractivity contribution in [3.8, 4) is 0 Å². The number of hydrogen-bond donors (Lipinski definition) is 7. The molecule has 0 spiro atoms. The summed E-state index contributed by atoms with van der Waals surface area (Å²) in [5.74, 6) is -1.94. The van der Waals surface area contributed by atoms with Gasteiger partial charge in [-0.1, -0.05) is 87.9 Å². The molecule has 2 aromatic rings. The Morgan fingerprint density at radius 1 is 0.683 bits per heavy atom. The van der Waals surface area contributed by atoms with E-state index < -0.39 is 124 Å². The van der Waals surface area contributed by atoms with Crippen LogP contribution in [0.4, 0.5) is 0 Å². The Morgan fingerprint density at radius 3 is 1.79 bits per heavy atom. The van der Waals surface area contributed by atoms with Crippen LogP contribution in [0.25, 0.3) is 0 Å². The number of carbonyl (C=O) groups is 2. The second-order valence-corrected chi connectivity index (χ2v) is 21.5. The molecule has 354 valence electrons. The highest BCUT2D eigenvalue weighted by atomic mass is 35.5. The van der Waals surface area contributed by atoms with Crippen molar-refractivity contribution < 1.29 is 87.7 Å². The zero-order valence-electron chi connectivity index (χ0n) is 36.1. The van der Waals surface area contributed by atoms with Crippen molar-refractivity contribution in [3.63, 3.8) is 0 Å². The summed E-state index contributed by atoms with van der Waals surface area (Å²) in [4.78, 5) is 25.1. The Hall–Kier alpha value is -2.67. The number of halogens is 1. The van der Waals surface area contributed by atoms with Gasteiger partial charge in [0.05, 0.1) is 26.4 Å². The molecule has 15 atom stereocenters. The standard InChI is InChI=1S/C43H63ClO18Si/c1-24-31(48)33(50)35(52)40(57-24)62-39-38(61-41-36(53)34(51)32(49)27(22-45)58-41)37(60-30(47)21-44)28(59-42(39)55-20-14-8-13-19-29(46)54-5)23-56-63(43(2,3)4,25-15-9-6-10-16-25)26-17-11-7-12-18-26/h6-7,9-12,15-18,24,27-28,31-42,45,48-53H,8,13-14,19-23H2,1-5H3/t24-,27+,28+,31+,32-,33+,34-,35-,36+,37-,38-,39+,40-,41+,42+/m0/s1. The topological polar surface area (TPSA) is 259 Å². The number of esters is 2. The first-order valence-corrected chi connectivity index (χ1v) is 23.6. The van der Waals surface area contributed by atoms with Crippen molar-refractivity contribution in [2.75, 3.05) is 32.8 Å². The largest absolute Gasteiger partial charge is 0.469 e. The van der Waals surface area contributed by atoms with Crippen LogP contribution in [0.2, 0.25) is 5.04 Å². The molecule has 3 aliphatic heterocycles. The van der Waals surface area contributed by atoms with Crippen LogP contribution in [0.1, 0.15) is 53.4 Å². The monoisotopic (exact) mass is 930 g/mol. The summed E-state index contributed by atoms with van der Waals surface area (Å²) in [6, 6.07) is 19.4. The maximum Gasteiger partial charge on any atom is 0.321 e. The molecule has 0 unspecified atom stereocenters. The average Bonchev–Trinajstić information content (AvgIpc) is 3.27. The van der Waals surface area contributed by atoms with Gasteiger partial charge in [-0.2, -0.15) is 0 Å². The predicted molar refractivity (Wildman–Crippen MR) is 225 cm³/mol. The second kappa shape index (κ2) is 23.2. The van der Waals surface area contributed by atoms with E-state index in [0.29, 0.717) is 19.3 Å². The zero-order valence-corrected chi connectivity index (χ0v) is 37.8. The third-order valence-electron chi connectivity index (χ3n) is 11.6. The number of aliphatic hydroxyl groups is 7. The van der Waals surface area contributed by atoms with E-state index in [-0.39, 0.29) is 25.6 Å². The lowest BCUT2D eigenvalue weighted by atomic mass is 9.96. The number of methoxy groups -OCH3 is 1. The second-order valence-electron chi connectivity index (χ2n) is 16.9. The first-order valence-electron chi connectivity index (χ1n) is 21.1. The summed E-state index contributed by atoms with van der Waals surface area (Å²) in [6.45, 7) is 6.57. The van der Waals surface area contributed by atoms with E-state index in [1.54, 1.807) is 0 Å². The molecule has 63 heavy (non-hydrogen) atoms. The molecule has 7 N–H and O–H groups in total. The highest BCUT2D eigenvalue weighted by Gasteiger charge is 2.57. The number of hydrogen-bond acceptors (Lipinski definition) is 18. The van der Waals surface area contributed by atoms with Gasteiger partial charge in [-0.3, -0.25) is 9.59 Å². The van der Waals surface area contributed by atoms with Crippen molar-refractivity contribution in [2.45, 2.75) is 151 Å². The summed E-state index contributed by atoms with van der Waals surface area (Å²) in [5, 5.41) is 76.4. The van der Waals surface area contributed by atoms with E-state index in [9.17, 15) is 45.3 Å².